The summed E-state index contributed by atoms with van der Waals surface area (Å²) in [5.74, 6) is -1.10. The average molecular weight is 509 g/mol. The third kappa shape index (κ3) is 30.5. The molecule has 0 aromatic heterocycles. The maximum absolute atomic E-state index is 12.0. The van der Waals surface area contributed by atoms with E-state index < -0.39 is 5.97 Å². The third-order valence-corrected chi connectivity index (χ3v) is 6.47. The molecule has 0 saturated heterocycles. The van der Waals surface area contributed by atoms with E-state index in [0.717, 1.165) is 19.3 Å². The highest BCUT2D eigenvalue weighted by atomic mass is 16.5. The molecule has 0 heterocycles. The minimum absolute atomic E-state index is 0.169. The fraction of sp³-hybridized carbons (Fsp3) is 0.812. The molecule has 0 aliphatic heterocycles. The van der Waals surface area contributed by atoms with Crippen molar-refractivity contribution in [3.8, 4) is 0 Å². The number of rotatable bonds is 25. The summed E-state index contributed by atoms with van der Waals surface area (Å²) in [6, 6.07) is 0. The van der Waals surface area contributed by atoms with Gasteiger partial charge in [-0.15, -0.1) is 0 Å². The lowest BCUT2D eigenvalue weighted by molar-refractivity contribution is -0.139. The first-order valence-corrected chi connectivity index (χ1v) is 15.1. The van der Waals surface area contributed by atoms with Crippen molar-refractivity contribution in [1.82, 2.24) is 0 Å². The van der Waals surface area contributed by atoms with Crippen LogP contribution in [-0.2, 0) is 14.3 Å². The molecule has 0 unspecified atom stereocenters. The molecule has 0 fully saturated rings. The molecule has 0 saturated carbocycles. The Kier molecular flexibility index (Phi) is 30.1. The van der Waals surface area contributed by atoms with Gasteiger partial charge in [-0.25, -0.2) is 9.59 Å². The topological polar surface area (TPSA) is 63.6 Å². The van der Waals surface area contributed by atoms with Gasteiger partial charge in [0.1, 0.15) is 0 Å². The minimum atomic E-state index is -0.935. The molecule has 0 radical (unpaired) electrons. The lowest BCUT2D eigenvalue weighted by Crippen LogP contribution is -2.08. The molecule has 0 bridgehead atoms. The predicted molar refractivity (Wildman–Crippen MR) is 155 cm³/mol. The van der Waals surface area contributed by atoms with Gasteiger partial charge in [-0.2, -0.15) is 0 Å². The Hall–Kier alpha value is -1.58. The molecule has 0 aliphatic carbocycles. The van der Waals surface area contributed by atoms with Crippen molar-refractivity contribution in [2.24, 2.45) is 0 Å². The second-order valence-corrected chi connectivity index (χ2v) is 10.3. The summed E-state index contributed by atoms with van der Waals surface area (Å²) in [6.07, 6.45) is 28.4. The monoisotopic (exact) mass is 508 g/mol. The second-order valence-electron chi connectivity index (χ2n) is 10.3. The number of hydrogen-bond donors (Lipinski definition) is 1. The summed E-state index contributed by atoms with van der Waals surface area (Å²) in [5, 5.41) is 7.89. The van der Waals surface area contributed by atoms with E-state index in [9.17, 15) is 9.59 Å². The highest BCUT2D eigenvalue weighted by Gasteiger charge is 2.08. The zero-order valence-corrected chi connectivity index (χ0v) is 24.3. The van der Waals surface area contributed by atoms with Crippen LogP contribution in [0.25, 0.3) is 0 Å². The van der Waals surface area contributed by atoms with Gasteiger partial charge in [0.15, 0.2) is 0 Å². The fourth-order valence-electron chi connectivity index (χ4n) is 3.96. The van der Waals surface area contributed by atoms with Crippen molar-refractivity contribution < 1.29 is 19.4 Å². The normalized spacial score (nSPS) is 10.4. The molecular weight excluding hydrogens is 448 g/mol. The van der Waals surface area contributed by atoms with Crippen LogP contribution in [0.2, 0.25) is 0 Å². The van der Waals surface area contributed by atoms with Gasteiger partial charge < -0.3 is 9.84 Å². The third-order valence-electron chi connectivity index (χ3n) is 6.47. The summed E-state index contributed by atoms with van der Waals surface area (Å²) < 4.78 is 5.39. The van der Waals surface area contributed by atoms with Gasteiger partial charge in [0.2, 0.25) is 0 Å². The van der Waals surface area contributed by atoms with E-state index in [1.165, 1.54) is 129 Å². The first-order valence-electron chi connectivity index (χ1n) is 15.1. The molecule has 0 rings (SSSR count). The number of esters is 1. The summed E-state index contributed by atoms with van der Waals surface area (Å²) in [7, 11) is 0. The smallest absolute Gasteiger partial charge is 0.333 e. The molecule has 0 aliphatic rings. The first-order chi connectivity index (χ1) is 17.4. The Bertz CT molecular complexity index is 490. The molecule has 0 aromatic rings. The van der Waals surface area contributed by atoms with Gasteiger partial charge in [0.25, 0.3) is 0 Å². The summed E-state index contributed by atoms with van der Waals surface area (Å²) in [6.45, 7) is 13.6. The largest absolute Gasteiger partial charge is 0.478 e. The Morgan fingerprint density at radius 3 is 1.22 bits per heavy atom. The standard InChI is InChI=1S/C28H54O2.C4H6O2/c1-4-6-8-10-12-14-16-17-19-21-23-25-27(3)28(29)30-26-24-22-20-18-15-13-11-9-7-5-2;1-3(2)4(5)6/h3-26H2,1-2H3;1H2,2H3,(H,5,6). The molecule has 0 amide bonds. The van der Waals surface area contributed by atoms with Crippen molar-refractivity contribution in [3.63, 3.8) is 0 Å². The summed E-state index contributed by atoms with van der Waals surface area (Å²) in [4.78, 5) is 21.6. The van der Waals surface area contributed by atoms with Crippen LogP contribution in [0, 0.1) is 0 Å². The van der Waals surface area contributed by atoms with Crippen LogP contribution >= 0.6 is 0 Å². The zero-order chi connectivity index (χ0) is 27.3. The van der Waals surface area contributed by atoms with Gasteiger partial charge in [0, 0.05) is 11.1 Å². The summed E-state index contributed by atoms with van der Waals surface area (Å²) in [5.41, 5.74) is 0.841. The highest BCUT2D eigenvalue weighted by Crippen LogP contribution is 2.15. The van der Waals surface area contributed by atoms with Crippen LogP contribution in [0.1, 0.15) is 162 Å². The number of carboxylic acids is 1. The molecule has 0 spiro atoms. The molecule has 36 heavy (non-hydrogen) atoms. The van der Waals surface area contributed by atoms with Gasteiger partial charge >= 0.3 is 11.9 Å². The Balaban J connectivity index is 0. The van der Waals surface area contributed by atoms with Gasteiger partial charge in [-0.05, 0) is 26.2 Å². The SMILES string of the molecule is C=C(C)C(=O)O.C=C(CCCCCCCCCCCCC)C(=O)OCCCCCCCCCCCC. The fourth-order valence-corrected chi connectivity index (χ4v) is 3.96. The molecule has 1 N–H and O–H groups in total. The molecular formula is C32H60O4. The predicted octanol–water partition coefficient (Wildman–Crippen LogP) is 10.4. The maximum Gasteiger partial charge on any atom is 0.333 e. The Labute approximate surface area is 224 Å². The number of ether oxygens (including phenoxy) is 1. The lowest BCUT2D eigenvalue weighted by atomic mass is 10.0. The van der Waals surface area contributed by atoms with E-state index in [4.69, 9.17) is 9.84 Å². The quantitative estimate of drug-likeness (QED) is 0.0756. The number of carboxylic acid groups (broad SMARTS) is 1. The summed E-state index contributed by atoms with van der Waals surface area (Å²) >= 11 is 0. The molecule has 4 nitrogen and oxygen atoms in total. The molecule has 4 heteroatoms. The van der Waals surface area contributed by atoms with Crippen molar-refractivity contribution >= 4 is 11.9 Å². The maximum atomic E-state index is 12.0. The van der Waals surface area contributed by atoms with E-state index in [0.29, 0.717) is 12.2 Å². The average Bonchev–Trinajstić information content (AvgIpc) is 2.85. The number of unbranched alkanes of at least 4 members (excludes halogenated alkanes) is 19. The van der Waals surface area contributed by atoms with Crippen molar-refractivity contribution in [2.75, 3.05) is 6.61 Å². The van der Waals surface area contributed by atoms with Crippen molar-refractivity contribution in [3.05, 3.63) is 24.3 Å². The van der Waals surface area contributed by atoms with E-state index in [1.807, 2.05) is 0 Å². The van der Waals surface area contributed by atoms with Crippen molar-refractivity contribution in [2.45, 2.75) is 162 Å². The van der Waals surface area contributed by atoms with Crippen LogP contribution < -0.4 is 0 Å². The van der Waals surface area contributed by atoms with Crippen LogP contribution in [0.15, 0.2) is 24.3 Å². The van der Waals surface area contributed by atoms with Gasteiger partial charge in [0.05, 0.1) is 6.61 Å². The highest BCUT2D eigenvalue weighted by molar-refractivity contribution is 5.87. The first kappa shape index (κ1) is 36.6. The number of hydrogen-bond acceptors (Lipinski definition) is 3. The Morgan fingerprint density at radius 1 is 0.583 bits per heavy atom. The van der Waals surface area contributed by atoms with E-state index in [-0.39, 0.29) is 11.5 Å². The van der Waals surface area contributed by atoms with Crippen molar-refractivity contribution in [1.29, 1.82) is 0 Å². The van der Waals surface area contributed by atoms with Crippen LogP contribution in [0.3, 0.4) is 0 Å². The number of aliphatic carboxylic acids is 1. The number of carbonyl (C=O) groups excluding carboxylic acids is 1. The van der Waals surface area contributed by atoms with Crippen LogP contribution in [-0.4, -0.2) is 23.7 Å². The van der Waals surface area contributed by atoms with E-state index >= 15 is 0 Å². The van der Waals surface area contributed by atoms with E-state index in [2.05, 4.69) is 27.0 Å². The van der Waals surface area contributed by atoms with Gasteiger partial charge in [-0.1, -0.05) is 149 Å². The molecule has 0 atom stereocenters. The molecule has 212 valence electrons. The minimum Gasteiger partial charge on any atom is -0.478 e. The Morgan fingerprint density at radius 2 is 0.889 bits per heavy atom. The van der Waals surface area contributed by atoms with Crippen LogP contribution in [0.5, 0.6) is 0 Å². The zero-order valence-electron chi connectivity index (χ0n) is 24.3. The number of carbonyl (C=O) groups is 2. The van der Waals surface area contributed by atoms with Crippen LogP contribution in [0.4, 0.5) is 0 Å². The second kappa shape index (κ2) is 29.6. The van der Waals surface area contributed by atoms with E-state index in [1.54, 1.807) is 0 Å². The molecule has 0 aromatic carbocycles. The van der Waals surface area contributed by atoms with Gasteiger partial charge in [-0.3, -0.25) is 0 Å². The lowest BCUT2D eigenvalue weighted by Gasteiger charge is -2.07.